The van der Waals surface area contributed by atoms with Gasteiger partial charge in [0.2, 0.25) is 0 Å². The first-order chi connectivity index (χ1) is 10.9. The van der Waals surface area contributed by atoms with Gasteiger partial charge >= 0.3 is 0 Å². The van der Waals surface area contributed by atoms with Crippen LogP contribution < -0.4 is 15.4 Å². The van der Waals surface area contributed by atoms with E-state index < -0.39 is 17.4 Å². The van der Waals surface area contributed by atoms with Crippen LogP contribution in [0, 0.1) is 13.8 Å². The lowest BCUT2D eigenvalue weighted by molar-refractivity contribution is -0.143. The van der Waals surface area contributed by atoms with E-state index in [2.05, 4.69) is 15.6 Å². The molecule has 3 rings (SSSR count). The monoisotopic (exact) mass is 311 g/mol. The minimum Gasteiger partial charge on any atom is -0.466 e. The first kappa shape index (κ1) is 15.0. The maximum absolute atomic E-state index is 12.6. The molecular weight excluding hydrogens is 294 g/mol. The van der Waals surface area contributed by atoms with Crippen LogP contribution in [0.15, 0.2) is 36.5 Å². The number of aryl methyl sites for hydroxylation is 2. The number of carbonyl (C=O) groups is 2. The van der Waals surface area contributed by atoms with E-state index in [1.165, 1.54) is 6.92 Å². The molecule has 1 aliphatic heterocycles. The first-order valence-corrected chi connectivity index (χ1v) is 7.24. The Morgan fingerprint density at radius 1 is 1.30 bits per heavy atom. The molecule has 0 radical (unpaired) electrons. The zero-order chi connectivity index (χ0) is 16.6. The molecule has 0 spiro atoms. The average Bonchev–Trinajstić information content (AvgIpc) is 2.51. The van der Waals surface area contributed by atoms with Crippen molar-refractivity contribution in [2.45, 2.75) is 26.4 Å². The van der Waals surface area contributed by atoms with Gasteiger partial charge in [-0.1, -0.05) is 12.1 Å². The molecule has 2 amide bonds. The maximum Gasteiger partial charge on any atom is 0.279 e. The predicted octanol–water partition coefficient (Wildman–Crippen LogP) is 2.43. The van der Waals surface area contributed by atoms with Crippen molar-refractivity contribution in [2.75, 3.05) is 10.6 Å². The summed E-state index contributed by atoms with van der Waals surface area (Å²) < 4.78 is 5.71. The minimum absolute atomic E-state index is 0.407. The highest BCUT2D eigenvalue weighted by molar-refractivity contribution is 6.18. The van der Waals surface area contributed by atoms with E-state index in [0.29, 0.717) is 17.3 Å². The van der Waals surface area contributed by atoms with Gasteiger partial charge in [-0.25, -0.2) is 4.98 Å². The van der Waals surface area contributed by atoms with Crippen molar-refractivity contribution < 1.29 is 14.3 Å². The van der Waals surface area contributed by atoms with Gasteiger partial charge in [0.15, 0.2) is 0 Å². The summed E-state index contributed by atoms with van der Waals surface area (Å²) in [6.07, 6.45) is 1.57. The van der Waals surface area contributed by atoms with Crippen LogP contribution >= 0.6 is 0 Å². The predicted molar refractivity (Wildman–Crippen MR) is 86.4 cm³/mol. The SMILES string of the molecule is Cc1ccc2c(c1)NC(=O)C(C)(C(=O)Nc1ncccc1C)O2. The lowest BCUT2D eigenvalue weighted by Gasteiger charge is -2.33. The van der Waals surface area contributed by atoms with E-state index in [9.17, 15) is 9.59 Å². The first-order valence-electron chi connectivity index (χ1n) is 7.24. The van der Waals surface area contributed by atoms with E-state index in [4.69, 9.17) is 4.74 Å². The van der Waals surface area contributed by atoms with E-state index >= 15 is 0 Å². The van der Waals surface area contributed by atoms with Gasteiger partial charge in [-0.15, -0.1) is 0 Å². The average molecular weight is 311 g/mol. The highest BCUT2D eigenvalue weighted by Gasteiger charge is 2.47. The number of aromatic nitrogens is 1. The summed E-state index contributed by atoms with van der Waals surface area (Å²) in [7, 11) is 0. The largest absolute Gasteiger partial charge is 0.466 e. The molecule has 0 bridgehead atoms. The summed E-state index contributed by atoms with van der Waals surface area (Å²) in [6.45, 7) is 5.18. The summed E-state index contributed by atoms with van der Waals surface area (Å²) in [5.74, 6) is -0.208. The number of rotatable bonds is 2. The summed E-state index contributed by atoms with van der Waals surface area (Å²) in [5.41, 5.74) is 0.697. The Hall–Kier alpha value is -2.89. The van der Waals surface area contributed by atoms with Gasteiger partial charge in [-0.05, 0) is 50.1 Å². The lowest BCUT2D eigenvalue weighted by Crippen LogP contribution is -2.56. The molecule has 1 unspecified atom stereocenters. The van der Waals surface area contributed by atoms with Gasteiger partial charge in [0.1, 0.15) is 11.6 Å². The lowest BCUT2D eigenvalue weighted by atomic mass is 10.0. The number of pyridine rings is 1. The number of hydrogen-bond acceptors (Lipinski definition) is 4. The Bertz CT molecular complexity index is 803. The molecule has 0 aliphatic carbocycles. The van der Waals surface area contributed by atoms with E-state index in [1.54, 1.807) is 24.4 Å². The van der Waals surface area contributed by atoms with E-state index in [-0.39, 0.29) is 0 Å². The molecule has 0 saturated carbocycles. The maximum atomic E-state index is 12.6. The Kier molecular flexibility index (Phi) is 3.52. The summed E-state index contributed by atoms with van der Waals surface area (Å²) >= 11 is 0. The third kappa shape index (κ3) is 2.63. The standard InChI is InChI=1S/C17H17N3O3/c1-10-6-7-13-12(9-10)19-15(21)17(3,23-13)16(22)20-14-11(2)5-4-8-18-14/h4-9H,1-3H3,(H,19,21)(H,18,20,22). The number of benzene rings is 1. The summed E-state index contributed by atoms with van der Waals surface area (Å²) in [6, 6.07) is 8.99. The molecule has 2 heterocycles. The minimum atomic E-state index is -1.66. The number of anilines is 2. The number of ether oxygens (including phenoxy) is 1. The quantitative estimate of drug-likeness (QED) is 0.835. The number of carbonyl (C=O) groups excluding carboxylic acids is 2. The molecule has 0 fully saturated rings. The van der Waals surface area contributed by atoms with Crippen molar-refractivity contribution in [3.63, 3.8) is 0 Å². The molecule has 2 N–H and O–H groups in total. The van der Waals surface area contributed by atoms with Gasteiger partial charge in [0, 0.05) is 6.20 Å². The zero-order valence-electron chi connectivity index (χ0n) is 13.1. The van der Waals surface area contributed by atoms with Crippen molar-refractivity contribution in [3.8, 4) is 5.75 Å². The van der Waals surface area contributed by atoms with E-state index in [1.807, 2.05) is 26.0 Å². The fourth-order valence-corrected chi connectivity index (χ4v) is 2.33. The van der Waals surface area contributed by atoms with Crippen LogP contribution in [0.25, 0.3) is 0 Å². The third-order valence-corrected chi connectivity index (χ3v) is 3.81. The second kappa shape index (κ2) is 5.39. The van der Waals surface area contributed by atoms with Crippen LogP contribution in [0.4, 0.5) is 11.5 Å². The molecule has 1 aliphatic rings. The van der Waals surface area contributed by atoms with Crippen LogP contribution in [0.5, 0.6) is 5.75 Å². The summed E-state index contributed by atoms with van der Waals surface area (Å²) in [4.78, 5) is 29.1. The molecular formula is C17H17N3O3. The van der Waals surface area contributed by atoms with Gasteiger partial charge in [0.25, 0.3) is 17.4 Å². The van der Waals surface area contributed by atoms with Crippen molar-refractivity contribution in [3.05, 3.63) is 47.7 Å². The van der Waals surface area contributed by atoms with Crippen LogP contribution in [0.3, 0.4) is 0 Å². The second-order valence-electron chi connectivity index (χ2n) is 5.71. The normalized spacial score (nSPS) is 19.3. The van der Waals surface area contributed by atoms with Crippen LogP contribution in [0.2, 0.25) is 0 Å². The Labute approximate surface area is 133 Å². The van der Waals surface area contributed by atoms with Crippen LogP contribution in [-0.2, 0) is 9.59 Å². The van der Waals surface area contributed by atoms with Gasteiger partial charge in [-0.3, -0.25) is 9.59 Å². The second-order valence-corrected chi connectivity index (χ2v) is 5.71. The van der Waals surface area contributed by atoms with Crippen LogP contribution in [-0.4, -0.2) is 22.4 Å². The van der Waals surface area contributed by atoms with Crippen molar-refractivity contribution in [2.24, 2.45) is 0 Å². The zero-order valence-corrected chi connectivity index (χ0v) is 13.1. The Morgan fingerprint density at radius 2 is 2.09 bits per heavy atom. The molecule has 2 aromatic rings. The number of hydrogen-bond donors (Lipinski definition) is 2. The van der Waals surface area contributed by atoms with Crippen molar-refractivity contribution in [1.82, 2.24) is 4.98 Å². The molecule has 1 aromatic heterocycles. The number of fused-ring (bicyclic) bond motifs is 1. The number of nitrogens with one attached hydrogen (secondary N) is 2. The Morgan fingerprint density at radius 3 is 2.83 bits per heavy atom. The molecule has 118 valence electrons. The Balaban J connectivity index is 1.89. The van der Waals surface area contributed by atoms with Gasteiger partial charge in [0.05, 0.1) is 5.69 Å². The summed E-state index contributed by atoms with van der Waals surface area (Å²) in [5, 5.41) is 5.38. The third-order valence-electron chi connectivity index (χ3n) is 3.81. The molecule has 1 aromatic carbocycles. The fraction of sp³-hybridized carbons (Fsp3) is 0.235. The van der Waals surface area contributed by atoms with E-state index in [0.717, 1.165) is 11.1 Å². The number of amides is 2. The molecule has 1 atom stereocenters. The highest BCUT2D eigenvalue weighted by atomic mass is 16.5. The molecule has 23 heavy (non-hydrogen) atoms. The fourth-order valence-electron chi connectivity index (χ4n) is 2.33. The van der Waals surface area contributed by atoms with Crippen LogP contribution in [0.1, 0.15) is 18.1 Å². The van der Waals surface area contributed by atoms with Crippen molar-refractivity contribution in [1.29, 1.82) is 0 Å². The molecule has 6 heteroatoms. The van der Waals surface area contributed by atoms with Gasteiger partial charge < -0.3 is 15.4 Å². The number of nitrogens with zero attached hydrogens (tertiary/aromatic N) is 1. The topological polar surface area (TPSA) is 80.3 Å². The van der Waals surface area contributed by atoms with Gasteiger partial charge in [-0.2, -0.15) is 0 Å². The smallest absolute Gasteiger partial charge is 0.279 e. The molecule has 6 nitrogen and oxygen atoms in total. The molecule has 0 saturated heterocycles. The highest BCUT2D eigenvalue weighted by Crippen LogP contribution is 2.34. The van der Waals surface area contributed by atoms with Crippen molar-refractivity contribution >= 4 is 23.3 Å².